The molecule has 2 unspecified atom stereocenters. The molecule has 5 rings (SSSR count). The van der Waals surface area contributed by atoms with Crippen molar-refractivity contribution in [2.75, 3.05) is 18.4 Å². The van der Waals surface area contributed by atoms with Gasteiger partial charge in [0.05, 0.1) is 5.69 Å². The average molecular weight is 371 g/mol. The molecule has 2 amide bonds. The lowest BCUT2D eigenvalue weighted by atomic mass is 9.95. The Morgan fingerprint density at radius 3 is 2.75 bits per heavy atom. The number of nitrogens with one attached hydrogen (secondary N) is 1. The molecule has 2 aliphatic rings. The van der Waals surface area contributed by atoms with E-state index >= 15 is 0 Å². The van der Waals surface area contributed by atoms with Crippen molar-refractivity contribution in [1.29, 1.82) is 0 Å². The number of amides is 2. The van der Waals surface area contributed by atoms with Gasteiger partial charge in [0.25, 0.3) is 0 Å². The van der Waals surface area contributed by atoms with E-state index in [1.807, 2.05) is 47.4 Å². The Morgan fingerprint density at radius 2 is 1.96 bits per heavy atom. The molecule has 2 heterocycles. The Hall–Kier alpha value is -3.14. The second-order valence-corrected chi connectivity index (χ2v) is 7.98. The molecule has 1 aromatic heterocycles. The molecule has 0 spiro atoms. The standard InChI is InChI=1S/C24H23N3O.H2/c1-17-10-11-20(13-21(17)22-9-5-6-12-25-22)26-23(28)27-15-19-14-24(19,16-27)18-7-3-2-4-8-18;/h2-13,19H,14-16H2,1H3,(H,26,28);1H. The predicted molar refractivity (Wildman–Crippen MR) is 113 cm³/mol. The van der Waals surface area contributed by atoms with Crippen molar-refractivity contribution in [3.05, 3.63) is 84.1 Å². The lowest BCUT2D eigenvalue weighted by Crippen LogP contribution is -2.36. The molecule has 1 aliphatic carbocycles. The van der Waals surface area contributed by atoms with Crippen molar-refractivity contribution >= 4 is 11.7 Å². The van der Waals surface area contributed by atoms with Gasteiger partial charge in [-0.1, -0.05) is 42.5 Å². The first-order valence-corrected chi connectivity index (χ1v) is 9.79. The molecular formula is C24H25N3O. The third-order valence-electron chi connectivity index (χ3n) is 6.21. The summed E-state index contributed by atoms with van der Waals surface area (Å²) in [6, 6.07) is 22.5. The molecule has 3 aromatic rings. The number of aryl methyl sites for hydroxylation is 1. The monoisotopic (exact) mass is 371 g/mol. The number of carbonyl (C=O) groups is 1. The van der Waals surface area contributed by atoms with Crippen LogP contribution in [-0.4, -0.2) is 29.0 Å². The fraction of sp³-hybridized carbons (Fsp3) is 0.250. The summed E-state index contributed by atoms with van der Waals surface area (Å²) in [7, 11) is 0. The molecule has 4 nitrogen and oxygen atoms in total. The molecule has 4 heteroatoms. The third kappa shape index (κ3) is 2.85. The Labute approximate surface area is 166 Å². The van der Waals surface area contributed by atoms with Crippen LogP contribution in [0.2, 0.25) is 0 Å². The molecule has 1 saturated carbocycles. The maximum atomic E-state index is 12.9. The van der Waals surface area contributed by atoms with Gasteiger partial charge in [0.2, 0.25) is 0 Å². The van der Waals surface area contributed by atoms with Gasteiger partial charge >= 0.3 is 6.03 Å². The minimum absolute atomic E-state index is 0. The van der Waals surface area contributed by atoms with Gasteiger partial charge in [-0.05, 0) is 54.7 Å². The highest BCUT2D eigenvalue weighted by molar-refractivity contribution is 5.91. The maximum Gasteiger partial charge on any atom is 0.321 e. The van der Waals surface area contributed by atoms with E-state index < -0.39 is 0 Å². The van der Waals surface area contributed by atoms with Gasteiger partial charge in [-0.15, -0.1) is 0 Å². The maximum absolute atomic E-state index is 12.9. The summed E-state index contributed by atoms with van der Waals surface area (Å²) in [5, 5.41) is 3.09. The van der Waals surface area contributed by atoms with E-state index in [4.69, 9.17) is 0 Å². The first-order chi connectivity index (χ1) is 13.7. The number of hydrogen-bond acceptors (Lipinski definition) is 2. The minimum Gasteiger partial charge on any atom is -0.323 e. The fourth-order valence-electron chi connectivity index (χ4n) is 4.55. The van der Waals surface area contributed by atoms with Gasteiger partial charge in [0.15, 0.2) is 0 Å². The highest BCUT2D eigenvalue weighted by Gasteiger charge is 2.61. The van der Waals surface area contributed by atoms with Crippen molar-refractivity contribution < 1.29 is 6.22 Å². The van der Waals surface area contributed by atoms with Crippen LogP contribution in [0.3, 0.4) is 0 Å². The van der Waals surface area contributed by atoms with E-state index in [0.717, 1.165) is 35.6 Å². The van der Waals surface area contributed by atoms with Crippen molar-refractivity contribution in [2.24, 2.45) is 5.92 Å². The summed E-state index contributed by atoms with van der Waals surface area (Å²) in [6.07, 6.45) is 2.98. The second kappa shape index (κ2) is 6.48. The number of benzene rings is 2. The van der Waals surface area contributed by atoms with Gasteiger partial charge in [-0.2, -0.15) is 0 Å². The van der Waals surface area contributed by atoms with Crippen LogP contribution in [0.5, 0.6) is 0 Å². The SMILES string of the molecule is Cc1ccc(NC(=O)N2CC3CC3(c3ccccc3)C2)cc1-c1ccccn1.[HH]. The molecule has 2 fully saturated rings. The second-order valence-electron chi connectivity index (χ2n) is 7.98. The number of pyridine rings is 1. The van der Waals surface area contributed by atoms with Crippen LogP contribution in [0.1, 0.15) is 19.0 Å². The van der Waals surface area contributed by atoms with Crippen molar-refractivity contribution in [3.63, 3.8) is 0 Å². The molecule has 142 valence electrons. The van der Waals surface area contributed by atoms with E-state index in [9.17, 15) is 4.79 Å². The molecule has 1 aliphatic heterocycles. The number of piperidine rings is 1. The summed E-state index contributed by atoms with van der Waals surface area (Å²) in [5.74, 6) is 0.586. The smallest absolute Gasteiger partial charge is 0.321 e. The van der Waals surface area contributed by atoms with Crippen LogP contribution in [-0.2, 0) is 5.41 Å². The van der Waals surface area contributed by atoms with Crippen LogP contribution in [0.25, 0.3) is 11.3 Å². The zero-order chi connectivity index (χ0) is 19.1. The minimum atomic E-state index is -0.0154. The van der Waals surface area contributed by atoms with Gasteiger partial charge in [0.1, 0.15) is 0 Å². The summed E-state index contributed by atoms with van der Waals surface area (Å²) in [5.41, 5.74) is 5.45. The molecule has 28 heavy (non-hydrogen) atoms. The van der Waals surface area contributed by atoms with Gasteiger partial charge < -0.3 is 10.2 Å². The van der Waals surface area contributed by atoms with Crippen molar-refractivity contribution in [1.82, 2.24) is 9.88 Å². The Morgan fingerprint density at radius 1 is 1.14 bits per heavy atom. The first kappa shape index (κ1) is 17.0. The molecular weight excluding hydrogens is 346 g/mol. The van der Waals surface area contributed by atoms with Crippen LogP contribution in [0.4, 0.5) is 10.5 Å². The van der Waals surface area contributed by atoms with E-state index in [2.05, 4.69) is 41.5 Å². The lowest BCUT2D eigenvalue weighted by Gasteiger charge is -2.22. The summed E-state index contributed by atoms with van der Waals surface area (Å²) >= 11 is 0. The molecule has 2 aromatic carbocycles. The fourth-order valence-corrected chi connectivity index (χ4v) is 4.55. The number of likely N-dealkylation sites (tertiary alicyclic amines) is 1. The highest BCUT2D eigenvalue weighted by atomic mass is 16.2. The number of aromatic nitrogens is 1. The van der Waals surface area contributed by atoms with E-state index in [0.29, 0.717) is 5.92 Å². The topological polar surface area (TPSA) is 45.2 Å². The quantitative estimate of drug-likeness (QED) is 0.695. The van der Waals surface area contributed by atoms with Crippen LogP contribution in [0, 0.1) is 12.8 Å². The normalized spacial score (nSPS) is 22.6. The Bertz CT molecular complexity index is 1020. The van der Waals surface area contributed by atoms with Gasteiger partial charge in [0, 0.05) is 37.4 Å². The Kier molecular flexibility index (Phi) is 3.93. The number of hydrogen-bond donors (Lipinski definition) is 1. The van der Waals surface area contributed by atoms with E-state index in [1.165, 1.54) is 12.0 Å². The Balaban J connectivity index is 0.00000205. The van der Waals surface area contributed by atoms with Crippen molar-refractivity contribution in [2.45, 2.75) is 18.8 Å². The molecule has 0 bridgehead atoms. The van der Waals surface area contributed by atoms with E-state index in [1.54, 1.807) is 6.20 Å². The van der Waals surface area contributed by atoms with Gasteiger partial charge in [-0.25, -0.2) is 4.79 Å². The molecule has 1 saturated heterocycles. The van der Waals surface area contributed by atoms with Gasteiger partial charge in [-0.3, -0.25) is 4.98 Å². The van der Waals surface area contributed by atoms with Crippen LogP contribution >= 0.6 is 0 Å². The number of fused-ring (bicyclic) bond motifs is 1. The largest absolute Gasteiger partial charge is 0.323 e. The highest BCUT2D eigenvalue weighted by Crippen LogP contribution is 2.58. The number of nitrogens with zero attached hydrogens (tertiary/aromatic N) is 2. The molecule has 0 radical (unpaired) electrons. The zero-order valence-corrected chi connectivity index (χ0v) is 15.9. The summed E-state index contributed by atoms with van der Waals surface area (Å²) < 4.78 is 0. The number of urea groups is 1. The van der Waals surface area contributed by atoms with Crippen molar-refractivity contribution in [3.8, 4) is 11.3 Å². The predicted octanol–water partition coefficient (Wildman–Crippen LogP) is 5.11. The summed E-state index contributed by atoms with van der Waals surface area (Å²) in [4.78, 5) is 19.3. The number of carbonyl (C=O) groups excluding carboxylic acids is 1. The lowest BCUT2D eigenvalue weighted by molar-refractivity contribution is 0.216. The van der Waals surface area contributed by atoms with Crippen LogP contribution in [0.15, 0.2) is 72.9 Å². The zero-order valence-electron chi connectivity index (χ0n) is 15.9. The first-order valence-electron chi connectivity index (χ1n) is 9.79. The number of anilines is 1. The number of rotatable bonds is 3. The molecule has 2 atom stereocenters. The van der Waals surface area contributed by atoms with Crippen LogP contribution < -0.4 is 5.32 Å². The molecule has 1 N–H and O–H groups in total. The average Bonchev–Trinajstić information content (AvgIpc) is 3.31. The van der Waals surface area contributed by atoms with E-state index in [-0.39, 0.29) is 12.9 Å². The summed E-state index contributed by atoms with van der Waals surface area (Å²) in [6.45, 7) is 3.69. The third-order valence-corrected chi connectivity index (χ3v) is 6.21.